The van der Waals surface area contributed by atoms with E-state index in [2.05, 4.69) is 25.9 Å². The van der Waals surface area contributed by atoms with Gasteiger partial charge in [0, 0.05) is 10.0 Å². The van der Waals surface area contributed by atoms with Crippen LogP contribution in [0.1, 0.15) is 37.2 Å². The van der Waals surface area contributed by atoms with Gasteiger partial charge in [-0.05, 0) is 52.9 Å². The molecule has 1 aliphatic carbocycles. The topological polar surface area (TPSA) is 66.0 Å². The zero-order valence-electron chi connectivity index (χ0n) is 11.2. The van der Waals surface area contributed by atoms with Crippen LogP contribution in [0.2, 0.25) is 5.02 Å². The molecular weight excluding hydrogens is 356 g/mol. The van der Waals surface area contributed by atoms with Crippen molar-refractivity contribution in [3.63, 3.8) is 0 Å². The number of nitrogens with zero attached hydrogens (tertiary/aromatic N) is 1. The van der Waals surface area contributed by atoms with Gasteiger partial charge in [-0.2, -0.15) is 4.98 Å². The van der Waals surface area contributed by atoms with Crippen molar-refractivity contribution in [1.29, 1.82) is 0 Å². The van der Waals surface area contributed by atoms with Gasteiger partial charge in [-0.1, -0.05) is 24.4 Å². The van der Waals surface area contributed by atoms with Crippen molar-refractivity contribution in [2.45, 2.75) is 31.6 Å². The Morgan fingerprint density at radius 3 is 2.67 bits per heavy atom. The molecule has 0 spiro atoms. The summed E-state index contributed by atoms with van der Waals surface area (Å²) < 4.78 is 0.712. The van der Waals surface area contributed by atoms with Crippen molar-refractivity contribution >= 4 is 27.5 Å². The highest BCUT2D eigenvalue weighted by molar-refractivity contribution is 9.10. The fraction of sp³-hybridized carbons (Fsp3) is 0.333. The lowest BCUT2D eigenvalue weighted by molar-refractivity contribution is 0.436. The molecule has 4 nitrogen and oxygen atoms in total. The van der Waals surface area contributed by atoms with E-state index in [0.29, 0.717) is 26.4 Å². The van der Waals surface area contributed by atoms with Crippen LogP contribution >= 0.6 is 27.5 Å². The molecule has 1 saturated carbocycles. The minimum Gasteiger partial charge on any atom is -0.493 e. The molecule has 0 saturated heterocycles. The Morgan fingerprint density at radius 2 is 2.05 bits per heavy atom. The Labute approximate surface area is 135 Å². The summed E-state index contributed by atoms with van der Waals surface area (Å²) in [5.41, 5.74) is 0.858. The molecule has 0 atom stereocenters. The minimum absolute atomic E-state index is 0.118. The fourth-order valence-electron chi connectivity index (χ4n) is 2.83. The molecule has 1 fully saturated rings. The van der Waals surface area contributed by atoms with Crippen LogP contribution < -0.4 is 5.56 Å². The van der Waals surface area contributed by atoms with Gasteiger partial charge in [-0.15, -0.1) is 0 Å². The number of aromatic amines is 1. The van der Waals surface area contributed by atoms with Crippen LogP contribution in [0, 0.1) is 0 Å². The Bertz CT molecular complexity index is 739. The molecule has 1 aromatic carbocycles. The number of aromatic nitrogens is 2. The van der Waals surface area contributed by atoms with E-state index >= 15 is 0 Å². The molecule has 21 heavy (non-hydrogen) atoms. The van der Waals surface area contributed by atoms with Gasteiger partial charge in [0.1, 0.15) is 5.82 Å². The van der Waals surface area contributed by atoms with Gasteiger partial charge in [-0.25, -0.2) is 0 Å². The molecule has 0 bridgehead atoms. The lowest BCUT2D eigenvalue weighted by Crippen LogP contribution is -2.17. The summed E-state index contributed by atoms with van der Waals surface area (Å²) in [7, 11) is 0. The van der Waals surface area contributed by atoms with Crippen molar-refractivity contribution < 1.29 is 5.11 Å². The molecule has 1 aromatic heterocycles. The van der Waals surface area contributed by atoms with Crippen LogP contribution in [-0.2, 0) is 0 Å². The van der Waals surface area contributed by atoms with E-state index < -0.39 is 0 Å². The highest BCUT2D eigenvalue weighted by Crippen LogP contribution is 2.36. The third kappa shape index (κ3) is 2.85. The average molecular weight is 370 g/mol. The van der Waals surface area contributed by atoms with Crippen molar-refractivity contribution in [2.24, 2.45) is 0 Å². The Kier molecular flexibility index (Phi) is 4.04. The number of hydrogen-bond acceptors (Lipinski definition) is 3. The van der Waals surface area contributed by atoms with Crippen molar-refractivity contribution in [1.82, 2.24) is 9.97 Å². The van der Waals surface area contributed by atoms with Gasteiger partial charge in [0.2, 0.25) is 5.88 Å². The molecule has 0 unspecified atom stereocenters. The second kappa shape index (κ2) is 5.81. The number of nitrogens with one attached hydrogen (secondary N) is 1. The normalized spacial score (nSPS) is 15.5. The first-order valence-corrected chi connectivity index (χ1v) is 8.02. The molecule has 0 radical (unpaired) electrons. The fourth-order valence-corrected chi connectivity index (χ4v) is 3.33. The van der Waals surface area contributed by atoms with E-state index in [1.54, 1.807) is 18.2 Å². The summed E-state index contributed by atoms with van der Waals surface area (Å²) in [5, 5.41) is 10.7. The average Bonchev–Trinajstić information content (AvgIpc) is 2.95. The number of rotatable bonds is 2. The smallest absolute Gasteiger partial charge is 0.258 e. The predicted molar refractivity (Wildman–Crippen MR) is 85.9 cm³/mol. The van der Waals surface area contributed by atoms with Crippen LogP contribution in [0.5, 0.6) is 5.88 Å². The Hall–Kier alpha value is -1.33. The van der Waals surface area contributed by atoms with Gasteiger partial charge in [0.05, 0.1) is 10.6 Å². The molecule has 2 aromatic rings. The van der Waals surface area contributed by atoms with Crippen LogP contribution in [0.15, 0.2) is 27.5 Å². The van der Waals surface area contributed by atoms with Crippen molar-refractivity contribution in [3.8, 4) is 17.3 Å². The second-order valence-corrected chi connectivity index (χ2v) is 6.52. The summed E-state index contributed by atoms with van der Waals surface area (Å²) in [5.74, 6) is 0.301. The molecular formula is C15H14BrClN2O2. The summed E-state index contributed by atoms with van der Waals surface area (Å²) in [6.45, 7) is 0. The molecule has 6 heteroatoms. The van der Waals surface area contributed by atoms with Crippen molar-refractivity contribution in [2.75, 3.05) is 0 Å². The Morgan fingerprint density at radius 1 is 1.33 bits per heavy atom. The summed E-state index contributed by atoms with van der Waals surface area (Å²) in [6, 6.07) is 5.22. The largest absolute Gasteiger partial charge is 0.493 e. The van der Waals surface area contributed by atoms with E-state index in [9.17, 15) is 9.90 Å². The van der Waals surface area contributed by atoms with E-state index in [-0.39, 0.29) is 17.4 Å². The number of hydrogen-bond donors (Lipinski definition) is 2. The highest BCUT2D eigenvalue weighted by atomic mass is 79.9. The first-order chi connectivity index (χ1) is 10.1. The summed E-state index contributed by atoms with van der Waals surface area (Å²) in [6.07, 6.45) is 4.05. The molecule has 3 rings (SSSR count). The maximum atomic E-state index is 12.3. The SMILES string of the molecule is O=c1[nH]c(-c2ccc(Cl)c(Br)c2)nc(O)c1C1CCCC1. The van der Waals surface area contributed by atoms with Gasteiger partial charge >= 0.3 is 0 Å². The zero-order chi connectivity index (χ0) is 15.0. The minimum atomic E-state index is -0.254. The maximum absolute atomic E-state index is 12.3. The van der Waals surface area contributed by atoms with Gasteiger partial charge < -0.3 is 10.1 Å². The maximum Gasteiger partial charge on any atom is 0.258 e. The third-order valence-corrected chi connectivity index (χ3v) is 5.11. The first kappa shape index (κ1) is 14.6. The molecule has 0 aliphatic heterocycles. The lowest BCUT2D eigenvalue weighted by atomic mass is 10.00. The van der Waals surface area contributed by atoms with Gasteiger partial charge in [0.25, 0.3) is 5.56 Å². The van der Waals surface area contributed by atoms with Gasteiger partial charge in [0.15, 0.2) is 0 Å². The predicted octanol–water partition coefficient (Wildman–Crippen LogP) is 4.22. The number of aromatic hydroxyl groups is 1. The van der Waals surface area contributed by atoms with Crippen LogP contribution in [0.25, 0.3) is 11.4 Å². The van der Waals surface area contributed by atoms with Crippen LogP contribution in [0.3, 0.4) is 0 Å². The molecule has 1 heterocycles. The van der Waals surface area contributed by atoms with E-state index in [4.69, 9.17) is 11.6 Å². The van der Waals surface area contributed by atoms with E-state index in [1.165, 1.54) is 0 Å². The van der Waals surface area contributed by atoms with Crippen molar-refractivity contribution in [3.05, 3.63) is 43.6 Å². The zero-order valence-corrected chi connectivity index (χ0v) is 13.5. The monoisotopic (exact) mass is 368 g/mol. The lowest BCUT2D eigenvalue weighted by Gasteiger charge is -2.11. The molecule has 0 amide bonds. The molecule has 2 N–H and O–H groups in total. The quantitative estimate of drug-likeness (QED) is 0.833. The third-order valence-electron chi connectivity index (χ3n) is 3.89. The van der Waals surface area contributed by atoms with Crippen LogP contribution in [0.4, 0.5) is 0 Å². The first-order valence-electron chi connectivity index (χ1n) is 6.85. The second-order valence-electron chi connectivity index (χ2n) is 5.26. The summed E-state index contributed by atoms with van der Waals surface area (Å²) >= 11 is 9.29. The van der Waals surface area contributed by atoms with Gasteiger partial charge in [-0.3, -0.25) is 4.79 Å². The standard InChI is InChI=1S/C15H14BrClN2O2/c16-10-7-9(5-6-11(10)17)13-18-14(20)12(15(21)19-13)8-3-1-2-4-8/h5-8H,1-4H2,(H2,18,19,20,21). The number of benzene rings is 1. The van der Waals surface area contributed by atoms with E-state index in [0.717, 1.165) is 25.7 Å². The molecule has 1 aliphatic rings. The Balaban J connectivity index is 2.05. The summed E-state index contributed by atoms with van der Waals surface area (Å²) in [4.78, 5) is 19.2. The highest BCUT2D eigenvalue weighted by Gasteiger charge is 2.24. The number of H-pyrrole nitrogens is 1. The molecule has 110 valence electrons. The van der Waals surface area contributed by atoms with Crippen LogP contribution in [-0.4, -0.2) is 15.1 Å². The number of halogens is 2. The van der Waals surface area contributed by atoms with E-state index in [1.807, 2.05) is 0 Å².